The molecule has 0 aliphatic heterocycles. The van der Waals surface area contributed by atoms with Crippen LogP contribution >= 0.6 is 0 Å². The Hall–Kier alpha value is -2.16. The van der Waals surface area contributed by atoms with Crippen LogP contribution in [0, 0.1) is 17.3 Å². The van der Waals surface area contributed by atoms with Gasteiger partial charge in [-0.15, -0.1) is 0 Å². The summed E-state index contributed by atoms with van der Waals surface area (Å²) in [5, 5.41) is 3.35. The Morgan fingerprint density at radius 3 is 2.43 bits per heavy atom. The predicted octanol–water partition coefficient (Wildman–Crippen LogP) is 4.84. The van der Waals surface area contributed by atoms with Crippen molar-refractivity contribution in [3.05, 3.63) is 66.0 Å². The number of aromatic nitrogens is 1. The van der Waals surface area contributed by atoms with Crippen LogP contribution in [0.4, 0.5) is 0 Å². The molecule has 3 unspecified atom stereocenters. The van der Waals surface area contributed by atoms with Gasteiger partial charge in [-0.05, 0) is 85.0 Å². The van der Waals surface area contributed by atoms with Gasteiger partial charge in [0.15, 0.2) is 0 Å². The van der Waals surface area contributed by atoms with E-state index in [1.807, 2.05) is 24.5 Å². The zero-order valence-electron chi connectivity index (χ0n) is 16.7. The lowest BCUT2D eigenvalue weighted by atomic mass is 9.42. The van der Waals surface area contributed by atoms with Gasteiger partial charge in [0.25, 0.3) is 0 Å². The number of hydrogen-bond acceptors (Lipinski definition) is 2. The molecule has 1 aromatic heterocycles. The van der Waals surface area contributed by atoms with E-state index in [1.54, 1.807) is 0 Å². The SMILES string of the molecule is CC(CNC(=O)C12CC3CC(C1)CC(c1ccccc1)(C3)C2)c1ccncc1. The lowest BCUT2D eigenvalue weighted by Gasteiger charge is -2.61. The molecule has 4 bridgehead atoms. The van der Waals surface area contributed by atoms with E-state index in [0.29, 0.717) is 30.2 Å². The number of amides is 1. The highest BCUT2D eigenvalue weighted by atomic mass is 16.2. The van der Waals surface area contributed by atoms with Gasteiger partial charge < -0.3 is 5.32 Å². The molecule has 1 heterocycles. The molecule has 0 saturated heterocycles. The van der Waals surface area contributed by atoms with Gasteiger partial charge in [-0.3, -0.25) is 9.78 Å². The standard InChI is InChI=1S/C25H30N2O/c1-18(21-7-9-26-10-8-21)16-27-23(28)25-14-19-11-20(15-25)13-24(12-19,17-25)22-5-3-2-4-6-22/h2-10,18-20H,11-17H2,1H3,(H,27,28). The van der Waals surface area contributed by atoms with E-state index in [4.69, 9.17) is 0 Å². The predicted molar refractivity (Wildman–Crippen MR) is 111 cm³/mol. The normalized spacial score (nSPS) is 34.2. The van der Waals surface area contributed by atoms with Crippen molar-refractivity contribution >= 4 is 5.91 Å². The van der Waals surface area contributed by atoms with Crippen LogP contribution in [-0.4, -0.2) is 17.4 Å². The van der Waals surface area contributed by atoms with E-state index in [9.17, 15) is 4.79 Å². The number of carbonyl (C=O) groups is 1. The molecule has 0 spiro atoms. The Kier molecular flexibility index (Phi) is 4.30. The van der Waals surface area contributed by atoms with Crippen LogP contribution in [0.5, 0.6) is 0 Å². The minimum Gasteiger partial charge on any atom is -0.355 e. The summed E-state index contributed by atoms with van der Waals surface area (Å²) in [6.45, 7) is 2.89. The number of nitrogens with one attached hydrogen (secondary N) is 1. The molecule has 146 valence electrons. The molecule has 28 heavy (non-hydrogen) atoms. The molecule has 1 amide bonds. The van der Waals surface area contributed by atoms with Crippen LogP contribution in [0.3, 0.4) is 0 Å². The number of carbonyl (C=O) groups excluding carboxylic acids is 1. The summed E-state index contributed by atoms with van der Waals surface area (Å²) in [6, 6.07) is 15.1. The smallest absolute Gasteiger partial charge is 0.226 e. The number of rotatable bonds is 5. The van der Waals surface area contributed by atoms with Gasteiger partial charge in [-0.1, -0.05) is 37.3 Å². The first kappa shape index (κ1) is 17.9. The molecule has 3 nitrogen and oxygen atoms in total. The number of benzene rings is 1. The third kappa shape index (κ3) is 2.96. The van der Waals surface area contributed by atoms with Crippen molar-refractivity contribution in [1.82, 2.24) is 10.3 Å². The van der Waals surface area contributed by atoms with Crippen LogP contribution in [-0.2, 0) is 10.2 Å². The van der Waals surface area contributed by atoms with E-state index in [-0.39, 0.29) is 10.8 Å². The molecule has 4 fully saturated rings. The second-order valence-corrected chi connectivity index (χ2v) is 9.78. The maximum atomic E-state index is 13.5. The molecule has 4 aliphatic carbocycles. The highest BCUT2D eigenvalue weighted by Crippen LogP contribution is 2.65. The summed E-state index contributed by atoms with van der Waals surface area (Å²) in [4.78, 5) is 17.6. The average Bonchev–Trinajstić information content (AvgIpc) is 2.72. The third-order valence-corrected chi connectivity index (χ3v) is 7.77. The molecule has 3 heteroatoms. The summed E-state index contributed by atoms with van der Waals surface area (Å²) in [7, 11) is 0. The van der Waals surface area contributed by atoms with Gasteiger partial charge >= 0.3 is 0 Å². The van der Waals surface area contributed by atoms with E-state index in [0.717, 1.165) is 19.3 Å². The van der Waals surface area contributed by atoms with E-state index < -0.39 is 0 Å². The van der Waals surface area contributed by atoms with E-state index >= 15 is 0 Å². The fourth-order valence-corrected chi connectivity index (χ4v) is 6.90. The quantitative estimate of drug-likeness (QED) is 0.814. The Balaban J connectivity index is 1.35. The first-order chi connectivity index (χ1) is 13.6. The number of nitrogens with zero attached hydrogens (tertiary/aromatic N) is 1. The van der Waals surface area contributed by atoms with Gasteiger partial charge in [0, 0.05) is 18.9 Å². The average molecular weight is 375 g/mol. The lowest BCUT2D eigenvalue weighted by molar-refractivity contribution is -0.149. The molecule has 1 aromatic carbocycles. The first-order valence-corrected chi connectivity index (χ1v) is 10.8. The number of hydrogen-bond donors (Lipinski definition) is 1. The van der Waals surface area contributed by atoms with Gasteiger partial charge in [-0.25, -0.2) is 0 Å². The molecule has 4 saturated carbocycles. The van der Waals surface area contributed by atoms with E-state index in [1.165, 1.54) is 30.4 Å². The van der Waals surface area contributed by atoms with Crippen molar-refractivity contribution < 1.29 is 4.79 Å². The molecular weight excluding hydrogens is 344 g/mol. The molecular formula is C25H30N2O. The van der Waals surface area contributed by atoms with Crippen molar-refractivity contribution in [2.75, 3.05) is 6.54 Å². The summed E-state index contributed by atoms with van der Waals surface area (Å²) in [5.74, 6) is 2.04. The largest absolute Gasteiger partial charge is 0.355 e. The van der Waals surface area contributed by atoms with Gasteiger partial charge in [0.1, 0.15) is 0 Å². The number of pyridine rings is 1. The van der Waals surface area contributed by atoms with E-state index in [2.05, 4.69) is 47.6 Å². The summed E-state index contributed by atoms with van der Waals surface area (Å²) < 4.78 is 0. The first-order valence-electron chi connectivity index (χ1n) is 10.8. The summed E-state index contributed by atoms with van der Waals surface area (Å²) in [6.07, 6.45) is 10.8. The Morgan fingerprint density at radius 2 is 1.75 bits per heavy atom. The second kappa shape index (κ2) is 6.72. The fraction of sp³-hybridized carbons (Fsp3) is 0.520. The molecule has 6 rings (SSSR count). The highest BCUT2D eigenvalue weighted by Gasteiger charge is 2.60. The fourth-order valence-electron chi connectivity index (χ4n) is 6.90. The van der Waals surface area contributed by atoms with Gasteiger partial charge in [0.2, 0.25) is 5.91 Å². The maximum Gasteiger partial charge on any atom is 0.226 e. The lowest BCUT2D eigenvalue weighted by Crippen LogP contribution is -2.59. The highest BCUT2D eigenvalue weighted by molar-refractivity contribution is 5.83. The van der Waals surface area contributed by atoms with Gasteiger partial charge in [-0.2, -0.15) is 0 Å². The summed E-state index contributed by atoms with van der Waals surface area (Å²) in [5.41, 5.74) is 2.77. The van der Waals surface area contributed by atoms with Crippen LogP contribution in [0.25, 0.3) is 0 Å². The van der Waals surface area contributed by atoms with Crippen molar-refractivity contribution in [3.8, 4) is 0 Å². The Morgan fingerprint density at radius 1 is 1.07 bits per heavy atom. The second-order valence-electron chi connectivity index (χ2n) is 9.78. The zero-order valence-corrected chi connectivity index (χ0v) is 16.7. The van der Waals surface area contributed by atoms with Crippen LogP contribution < -0.4 is 5.32 Å². The summed E-state index contributed by atoms with van der Waals surface area (Å²) >= 11 is 0. The monoisotopic (exact) mass is 374 g/mol. The minimum atomic E-state index is -0.155. The van der Waals surface area contributed by atoms with Crippen molar-refractivity contribution in [1.29, 1.82) is 0 Å². The molecule has 1 N–H and O–H groups in total. The minimum absolute atomic E-state index is 0.155. The molecule has 3 atom stereocenters. The molecule has 0 radical (unpaired) electrons. The van der Waals surface area contributed by atoms with Gasteiger partial charge in [0.05, 0.1) is 5.41 Å². The van der Waals surface area contributed by atoms with Crippen molar-refractivity contribution in [3.63, 3.8) is 0 Å². The Bertz CT molecular complexity index is 833. The van der Waals surface area contributed by atoms with Crippen molar-refractivity contribution in [2.45, 2.75) is 56.8 Å². The Labute approximate surface area is 168 Å². The maximum absolute atomic E-state index is 13.5. The molecule has 2 aromatic rings. The zero-order chi connectivity index (χ0) is 19.2. The van der Waals surface area contributed by atoms with Crippen LogP contribution in [0.2, 0.25) is 0 Å². The van der Waals surface area contributed by atoms with Crippen LogP contribution in [0.1, 0.15) is 62.5 Å². The van der Waals surface area contributed by atoms with Crippen LogP contribution in [0.15, 0.2) is 54.9 Å². The topological polar surface area (TPSA) is 42.0 Å². The molecule has 4 aliphatic rings. The van der Waals surface area contributed by atoms with Crippen molar-refractivity contribution in [2.24, 2.45) is 17.3 Å². The third-order valence-electron chi connectivity index (χ3n) is 7.77.